The Morgan fingerprint density at radius 3 is 2.18 bits per heavy atom. The van der Waals surface area contributed by atoms with Crippen molar-refractivity contribution < 1.29 is 0 Å². The molecule has 1 aromatic rings. The van der Waals surface area contributed by atoms with Gasteiger partial charge in [-0.1, -0.05) is 38.0 Å². The topological polar surface area (TPSA) is 29.3 Å². The third-order valence-corrected chi connectivity index (χ3v) is 3.89. The minimum atomic E-state index is 0.101. The smallest absolute Gasteiger partial charge is 0.0518 e. The third kappa shape index (κ3) is 3.01. The van der Waals surface area contributed by atoms with Crippen molar-refractivity contribution in [1.82, 2.24) is 0 Å². The molecule has 0 fully saturated rings. The Hall–Kier alpha value is -1.02. The second-order valence-corrected chi connectivity index (χ2v) is 4.93. The highest BCUT2D eigenvalue weighted by Gasteiger charge is 2.30. The van der Waals surface area contributed by atoms with E-state index in [-0.39, 0.29) is 5.54 Å². The number of nitrogens with zero attached hydrogens (tertiary/aromatic N) is 1. The van der Waals surface area contributed by atoms with Gasteiger partial charge in [-0.2, -0.15) is 0 Å². The van der Waals surface area contributed by atoms with Gasteiger partial charge in [0.2, 0.25) is 0 Å². The lowest BCUT2D eigenvalue weighted by Gasteiger charge is -2.42. The Morgan fingerprint density at radius 1 is 1.18 bits per heavy atom. The van der Waals surface area contributed by atoms with Crippen molar-refractivity contribution in [3.8, 4) is 0 Å². The van der Waals surface area contributed by atoms with E-state index in [1.54, 1.807) is 0 Å². The maximum absolute atomic E-state index is 6.03. The summed E-state index contributed by atoms with van der Waals surface area (Å²) in [5, 5.41) is 0. The average molecular weight is 234 g/mol. The molecule has 0 aliphatic heterocycles. The van der Waals surface area contributed by atoms with Crippen molar-refractivity contribution in [3.63, 3.8) is 0 Å². The van der Waals surface area contributed by atoms with E-state index in [1.807, 2.05) is 0 Å². The quantitative estimate of drug-likeness (QED) is 0.818. The van der Waals surface area contributed by atoms with E-state index < -0.39 is 0 Å². The fraction of sp³-hybridized carbons (Fsp3) is 0.600. The maximum atomic E-state index is 6.03. The number of rotatable bonds is 6. The molecule has 1 aromatic carbocycles. The summed E-state index contributed by atoms with van der Waals surface area (Å²) in [6, 6.07) is 8.69. The van der Waals surface area contributed by atoms with Crippen molar-refractivity contribution in [2.24, 2.45) is 5.73 Å². The molecule has 2 nitrogen and oxygen atoms in total. The maximum Gasteiger partial charge on any atom is 0.0518 e. The lowest BCUT2D eigenvalue weighted by atomic mass is 9.88. The zero-order valence-corrected chi connectivity index (χ0v) is 11.7. The van der Waals surface area contributed by atoms with Gasteiger partial charge in [-0.05, 0) is 31.9 Å². The summed E-state index contributed by atoms with van der Waals surface area (Å²) in [5.74, 6) is 0. The Bertz CT molecular complexity index is 325. The second-order valence-electron chi connectivity index (χ2n) is 4.93. The number of nitrogens with two attached hydrogens (primary N) is 1. The fourth-order valence-corrected chi connectivity index (χ4v) is 2.47. The summed E-state index contributed by atoms with van der Waals surface area (Å²) in [7, 11) is 2.16. The van der Waals surface area contributed by atoms with Crippen LogP contribution in [0.4, 0.5) is 5.69 Å². The Labute approximate surface area is 106 Å². The van der Waals surface area contributed by atoms with Gasteiger partial charge in [-0.15, -0.1) is 0 Å². The van der Waals surface area contributed by atoms with Crippen molar-refractivity contribution in [2.45, 2.75) is 45.6 Å². The molecule has 1 rings (SSSR count). The van der Waals surface area contributed by atoms with Crippen molar-refractivity contribution in [1.29, 1.82) is 0 Å². The molecular formula is C15H26N2. The van der Waals surface area contributed by atoms with Crippen LogP contribution in [-0.2, 0) is 0 Å². The third-order valence-electron chi connectivity index (χ3n) is 3.89. The summed E-state index contributed by atoms with van der Waals surface area (Å²) < 4.78 is 0. The lowest BCUT2D eigenvalue weighted by Crippen LogP contribution is -2.52. The van der Waals surface area contributed by atoms with E-state index in [4.69, 9.17) is 5.73 Å². The van der Waals surface area contributed by atoms with Gasteiger partial charge in [0.25, 0.3) is 0 Å². The average Bonchev–Trinajstić information content (AvgIpc) is 2.36. The standard InChI is InChI=1S/C15H26N2/c1-5-11-15(6-2,12-16)17(4)14-9-7-13(3)8-10-14/h7-10H,5-6,11-12,16H2,1-4H3. The molecule has 0 aromatic heterocycles. The van der Waals surface area contributed by atoms with E-state index in [0.717, 1.165) is 12.8 Å². The normalized spacial score (nSPS) is 14.4. The first kappa shape index (κ1) is 14.0. The van der Waals surface area contributed by atoms with Crippen LogP contribution in [0.15, 0.2) is 24.3 Å². The van der Waals surface area contributed by atoms with E-state index >= 15 is 0 Å². The van der Waals surface area contributed by atoms with Crippen LogP contribution in [0.25, 0.3) is 0 Å². The first-order valence-corrected chi connectivity index (χ1v) is 6.60. The lowest BCUT2D eigenvalue weighted by molar-refractivity contribution is 0.366. The van der Waals surface area contributed by atoms with Crippen LogP contribution >= 0.6 is 0 Å². The minimum Gasteiger partial charge on any atom is -0.368 e. The zero-order chi connectivity index (χ0) is 12.9. The van der Waals surface area contributed by atoms with Crippen LogP contribution in [0.3, 0.4) is 0 Å². The summed E-state index contributed by atoms with van der Waals surface area (Å²) in [6.45, 7) is 7.28. The molecule has 1 unspecified atom stereocenters. The Balaban J connectivity index is 2.98. The van der Waals surface area contributed by atoms with Crippen LogP contribution in [-0.4, -0.2) is 19.1 Å². The molecule has 0 radical (unpaired) electrons. The molecule has 0 aliphatic rings. The molecular weight excluding hydrogens is 208 g/mol. The zero-order valence-electron chi connectivity index (χ0n) is 11.7. The van der Waals surface area contributed by atoms with Crippen LogP contribution in [0.1, 0.15) is 38.7 Å². The summed E-state index contributed by atoms with van der Waals surface area (Å²) in [4.78, 5) is 2.36. The van der Waals surface area contributed by atoms with Gasteiger partial charge in [0.1, 0.15) is 0 Å². The number of hydrogen-bond donors (Lipinski definition) is 1. The number of hydrogen-bond acceptors (Lipinski definition) is 2. The van der Waals surface area contributed by atoms with E-state index in [0.29, 0.717) is 6.54 Å². The largest absolute Gasteiger partial charge is 0.368 e. The van der Waals surface area contributed by atoms with Crippen LogP contribution in [0.2, 0.25) is 0 Å². The fourth-order valence-electron chi connectivity index (χ4n) is 2.47. The van der Waals surface area contributed by atoms with Gasteiger partial charge in [0.05, 0.1) is 5.54 Å². The molecule has 0 bridgehead atoms. The van der Waals surface area contributed by atoms with Gasteiger partial charge in [-0.25, -0.2) is 0 Å². The molecule has 0 spiro atoms. The van der Waals surface area contributed by atoms with Crippen LogP contribution in [0, 0.1) is 6.92 Å². The SMILES string of the molecule is CCCC(CC)(CN)N(C)c1ccc(C)cc1. The highest BCUT2D eigenvalue weighted by Crippen LogP contribution is 2.28. The highest BCUT2D eigenvalue weighted by atomic mass is 15.2. The predicted octanol–water partition coefficient (Wildman–Crippen LogP) is 3.34. The van der Waals surface area contributed by atoms with Crippen LogP contribution in [0.5, 0.6) is 0 Å². The van der Waals surface area contributed by atoms with Crippen molar-refractivity contribution in [3.05, 3.63) is 29.8 Å². The van der Waals surface area contributed by atoms with Gasteiger partial charge >= 0.3 is 0 Å². The van der Waals surface area contributed by atoms with E-state index in [9.17, 15) is 0 Å². The Kier molecular flexibility index (Phi) is 5.01. The molecule has 1 atom stereocenters. The number of anilines is 1. The van der Waals surface area contributed by atoms with Gasteiger partial charge in [0.15, 0.2) is 0 Å². The first-order chi connectivity index (χ1) is 8.09. The van der Waals surface area contributed by atoms with E-state index in [2.05, 4.69) is 57.0 Å². The minimum absolute atomic E-state index is 0.101. The number of benzene rings is 1. The molecule has 17 heavy (non-hydrogen) atoms. The second kappa shape index (κ2) is 6.06. The monoisotopic (exact) mass is 234 g/mol. The predicted molar refractivity (Wildman–Crippen MR) is 76.6 cm³/mol. The summed E-state index contributed by atoms with van der Waals surface area (Å²) >= 11 is 0. The first-order valence-electron chi connectivity index (χ1n) is 6.60. The van der Waals surface area contributed by atoms with Gasteiger partial charge in [-0.3, -0.25) is 0 Å². The number of likely N-dealkylation sites (N-methyl/N-ethyl adjacent to an activating group) is 1. The molecule has 0 saturated heterocycles. The summed E-state index contributed by atoms with van der Waals surface area (Å²) in [6.07, 6.45) is 3.40. The molecule has 0 aliphatic carbocycles. The molecule has 2 heteroatoms. The van der Waals surface area contributed by atoms with Crippen LogP contribution < -0.4 is 10.6 Å². The van der Waals surface area contributed by atoms with Crippen molar-refractivity contribution in [2.75, 3.05) is 18.5 Å². The molecule has 0 saturated carbocycles. The highest BCUT2D eigenvalue weighted by molar-refractivity contribution is 5.49. The molecule has 96 valence electrons. The molecule has 0 amide bonds. The van der Waals surface area contributed by atoms with Crippen molar-refractivity contribution >= 4 is 5.69 Å². The van der Waals surface area contributed by atoms with Gasteiger partial charge in [0, 0.05) is 19.3 Å². The molecule has 2 N–H and O–H groups in total. The Morgan fingerprint density at radius 2 is 1.76 bits per heavy atom. The van der Waals surface area contributed by atoms with E-state index in [1.165, 1.54) is 17.7 Å². The molecule has 0 heterocycles. The van der Waals surface area contributed by atoms with Gasteiger partial charge < -0.3 is 10.6 Å². The summed E-state index contributed by atoms with van der Waals surface area (Å²) in [5.41, 5.74) is 8.69. The number of aryl methyl sites for hydroxylation is 1.